The van der Waals surface area contributed by atoms with Crippen LogP contribution in [-0.2, 0) is 0 Å². The number of pyridine rings is 2. The Morgan fingerprint density at radius 3 is 2.68 bits per heavy atom. The molecule has 1 aliphatic rings. The van der Waals surface area contributed by atoms with Crippen LogP contribution in [0.3, 0.4) is 0 Å². The maximum Gasteiger partial charge on any atom is 0.404 e. The van der Waals surface area contributed by atoms with Crippen molar-refractivity contribution in [3.8, 4) is 17.6 Å². The van der Waals surface area contributed by atoms with Gasteiger partial charge in [0.25, 0.3) is 0 Å². The number of carboxylic acid groups (broad SMARTS) is 1. The molecule has 1 saturated carbocycles. The maximum atomic E-state index is 14.8. The van der Waals surface area contributed by atoms with Crippen molar-refractivity contribution in [3.05, 3.63) is 42.1 Å². The Morgan fingerprint density at radius 1 is 1.32 bits per heavy atom. The van der Waals surface area contributed by atoms with Crippen LogP contribution < -0.4 is 20.7 Å². The predicted molar refractivity (Wildman–Crippen MR) is 119 cm³/mol. The fraction of sp³-hybridized carbons (Fsp3) is 0.333. The smallest absolute Gasteiger partial charge is 0.404 e. The van der Waals surface area contributed by atoms with Crippen LogP contribution in [-0.4, -0.2) is 55.4 Å². The lowest BCUT2D eigenvalue weighted by Crippen LogP contribution is -2.45. The summed E-state index contributed by atoms with van der Waals surface area (Å²) in [7, 11) is 1.46. The summed E-state index contributed by atoms with van der Waals surface area (Å²) in [5, 5.41) is 35.2. The lowest BCUT2D eigenvalue weighted by atomic mass is 10.0. The molecule has 3 heterocycles. The summed E-state index contributed by atoms with van der Waals surface area (Å²) in [4.78, 5) is 20.9. The monoisotopic (exact) mass is 467 g/mol. The van der Waals surface area contributed by atoms with E-state index < -0.39 is 18.0 Å². The molecule has 176 valence electrons. The van der Waals surface area contributed by atoms with E-state index in [1.54, 1.807) is 13.0 Å². The highest BCUT2D eigenvalue weighted by atomic mass is 19.1. The molecule has 1 aliphatic carbocycles. The van der Waals surface area contributed by atoms with Crippen LogP contribution in [0.5, 0.6) is 5.88 Å². The summed E-state index contributed by atoms with van der Waals surface area (Å²) in [5.41, 5.74) is 0.866. The van der Waals surface area contributed by atoms with Gasteiger partial charge >= 0.3 is 6.09 Å². The molecule has 0 unspecified atom stereocenters. The molecule has 0 saturated heterocycles. The zero-order valence-electron chi connectivity index (χ0n) is 18.4. The number of hydrogen-bond acceptors (Lipinski definition) is 9. The van der Waals surface area contributed by atoms with Crippen molar-refractivity contribution in [1.82, 2.24) is 30.3 Å². The lowest BCUT2D eigenvalue weighted by molar-refractivity contribution is 0.188. The summed E-state index contributed by atoms with van der Waals surface area (Å²) in [6.07, 6.45) is 5.11. The van der Waals surface area contributed by atoms with Crippen LogP contribution in [0.15, 0.2) is 30.7 Å². The maximum absolute atomic E-state index is 14.8. The number of ether oxygens (including phenoxy) is 1. The third kappa shape index (κ3) is 4.96. The van der Waals surface area contributed by atoms with Gasteiger partial charge in [-0.15, -0.1) is 4.80 Å². The van der Waals surface area contributed by atoms with Gasteiger partial charge < -0.3 is 25.8 Å². The van der Waals surface area contributed by atoms with E-state index >= 15 is 0 Å². The number of nitriles is 1. The molecular weight excluding hydrogens is 445 g/mol. The second kappa shape index (κ2) is 9.57. The van der Waals surface area contributed by atoms with Crippen LogP contribution in [0.25, 0.3) is 5.69 Å². The van der Waals surface area contributed by atoms with Gasteiger partial charge in [0.1, 0.15) is 11.8 Å². The first-order valence-corrected chi connectivity index (χ1v) is 10.4. The fourth-order valence-corrected chi connectivity index (χ4v) is 3.61. The third-order valence-corrected chi connectivity index (χ3v) is 5.34. The molecule has 3 aromatic heterocycles. The Hall–Kier alpha value is -4.47. The number of aromatic nitrogens is 5. The second-order valence-corrected chi connectivity index (χ2v) is 7.77. The molecule has 0 aliphatic heterocycles. The molecule has 13 heteroatoms. The van der Waals surface area contributed by atoms with Gasteiger partial charge in [-0.1, -0.05) is 0 Å². The Morgan fingerprint density at radius 2 is 2.06 bits per heavy atom. The first kappa shape index (κ1) is 22.7. The standard InChI is InChI=1S/C21H22FN9O3/c1-11(27-21(32)33)17(12-3-4-12)29-19-15(22)7-13(9-23)18(30-19)28-14-8-16(20(34-2)24-10-14)31-25-5-6-26-31/h5-8,10-12,17,27H,3-4H2,1-2H3,(H,32,33)(H2,28,29,30)/t11-,17+/m0/s1. The molecule has 0 bridgehead atoms. The highest BCUT2D eigenvalue weighted by molar-refractivity contribution is 5.67. The van der Waals surface area contributed by atoms with Gasteiger partial charge in [-0.05, 0) is 37.8 Å². The number of nitrogens with one attached hydrogen (secondary N) is 3. The molecule has 12 nitrogen and oxygen atoms in total. The van der Waals surface area contributed by atoms with E-state index in [0.717, 1.165) is 18.9 Å². The number of methoxy groups -OCH3 is 1. The van der Waals surface area contributed by atoms with E-state index in [1.165, 1.54) is 30.5 Å². The van der Waals surface area contributed by atoms with Gasteiger partial charge in [0.2, 0.25) is 5.88 Å². The van der Waals surface area contributed by atoms with Crippen molar-refractivity contribution < 1.29 is 19.0 Å². The van der Waals surface area contributed by atoms with Crippen LogP contribution in [0.4, 0.5) is 26.5 Å². The number of amides is 1. The molecule has 1 amide bonds. The van der Waals surface area contributed by atoms with Gasteiger partial charge in [0.05, 0.1) is 43.0 Å². The molecule has 0 radical (unpaired) electrons. The average molecular weight is 467 g/mol. The van der Waals surface area contributed by atoms with E-state index in [1.807, 2.05) is 6.07 Å². The Kier molecular flexibility index (Phi) is 6.39. The van der Waals surface area contributed by atoms with Crippen molar-refractivity contribution in [1.29, 1.82) is 5.26 Å². The number of carbonyl (C=O) groups is 1. The van der Waals surface area contributed by atoms with Crippen LogP contribution in [0.1, 0.15) is 25.3 Å². The molecule has 1 fully saturated rings. The number of halogens is 1. The van der Waals surface area contributed by atoms with Gasteiger partial charge in [-0.2, -0.15) is 15.5 Å². The number of hydrogen-bond donors (Lipinski definition) is 4. The van der Waals surface area contributed by atoms with Gasteiger partial charge in [-0.3, -0.25) is 0 Å². The molecule has 0 aromatic carbocycles. The largest absolute Gasteiger partial charge is 0.479 e. The highest BCUT2D eigenvalue weighted by Crippen LogP contribution is 2.36. The zero-order chi connectivity index (χ0) is 24.2. The van der Waals surface area contributed by atoms with Gasteiger partial charge in [-0.25, -0.2) is 19.2 Å². The van der Waals surface area contributed by atoms with E-state index in [4.69, 9.17) is 9.84 Å². The predicted octanol–water partition coefficient (Wildman–Crippen LogP) is 2.67. The molecule has 3 aromatic rings. The van der Waals surface area contributed by atoms with E-state index in [-0.39, 0.29) is 35.0 Å². The van der Waals surface area contributed by atoms with Crippen molar-refractivity contribution in [2.24, 2.45) is 5.92 Å². The molecule has 4 N–H and O–H groups in total. The average Bonchev–Trinajstić information content (AvgIpc) is 3.50. The van der Waals surface area contributed by atoms with Gasteiger partial charge in [0, 0.05) is 6.04 Å². The van der Waals surface area contributed by atoms with Gasteiger partial charge in [0.15, 0.2) is 17.5 Å². The highest BCUT2D eigenvalue weighted by Gasteiger charge is 2.36. The van der Waals surface area contributed by atoms with E-state index in [9.17, 15) is 14.4 Å². The Balaban J connectivity index is 1.64. The third-order valence-electron chi connectivity index (χ3n) is 5.34. The second-order valence-electron chi connectivity index (χ2n) is 7.77. The van der Waals surface area contributed by atoms with E-state index in [2.05, 4.69) is 36.1 Å². The zero-order valence-corrected chi connectivity index (χ0v) is 18.4. The fourth-order valence-electron chi connectivity index (χ4n) is 3.61. The molecule has 4 rings (SSSR count). The number of rotatable bonds is 9. The molecule has 2 atom stereocenters. The lowest BCUT2D eigenvalue weighted by Gasteiger charge is -2.26. The van der Waals surface area contributed by atoms with E-state index in [0.29, 0.717) is 11.4 Å². The van der Waals surface area contributed by atoms with Crippen LogP contribution in [0.2, 0.25) is 0 Å². The van der Waals surface area contributed by atoms with Crippen molar-refractivity contribution in [3.63, 3.8) is 0 Å². The normalized spacial score (nSPS) is 14.5. The summed E-state index contributed by atoms with van der Waals surface area (Å²) in [5.74, 6) is -0.238. The first-order valence-electron chi connectivity index (χ1n) is 10.4. The van der Waals surface area contributed by atoms with Crippen molar-refractivity contribution in [2.45, 2.75) is 31.8 Å². The van der Waals surface area contributed by atoms with Crippen LogP contribution >= 0.6 is 0 Å². The SMILES string of the molecule is COc1ncc(Nc2nc(N[C@@H](C3CC3)[C@H](C)NC(=O)O)c(F)cc2C#N)cc1-n1nccn1. The van der Waals surface area contributed by atoms with Crippen molar-refractivity contribution >= 4 is 23.4 Å². The summed E-state index contributed by atoms with van der Waals surface area (Å²) < 4.78 is 20.0. The minimum absolute atomic E-state index is 0.0164. The Bertz CT molecular complexity index is 1220. The minimum Gasteiger partial charge on any atom is -0.479 e. The molecule has 0 spiro atoms. The van der Waals surface area contributed by atoms with Crippen molar-refractivity contribution in [2.75, 3.05) is 17.7 Å². The summed E-state index contributed by atoms with van der Waals surface area (Å²) in [6, 6.07) is 3.81. The Labute approximate surface area is 193 Å². The first-order chi connectivity index (χ1) is 16.4. The minimum atomic E-state index is -1.16. The molecule has 34 heavy (non-hydrogen) atoms. The van der Waals surface area contributed by atoms with Crippen LogP contribution in [0, 0.1) is 23.1 Å². The number of anilines is 3. The molecular formula is C21H22FN9O3. The summed E-state index contributed by atoms with van der Waals surface area (Å²) >= 11 is 0. The summed E-state index contributed by atoms with van der Waals surface area (Å²) in [6.45, 7) is 1.71. The quantitative estimate of drug-likeness (QED) is 0.368. The topological polar surface area (TPSA) is 163 Å². The number of nitrogens with zero attached hydrogens (tertiary/aromatic N) is 6.